The van der Waals surface area contributed by atoms with E-state index in [-0.39, 0.29) is 6.17 Å². The van der Waals surface area contributed by atoms with Crippen LogP contribution in [0.2, 0.25) is 16.7 Å². The SMILES string of the molecule is CCCN(CCC(CCCn1cncn1)([Si](OC)(OC)OC)[Si](OC)(OC)OC)C(CC[Si](OC)(OC)OC)N(CCCn1cncn1)CCC[Si](OC)(OC)OC. The van der Waals surface area contributed by atoms with Gasteiger partial charge < -0.3 is 53.1 Å². The molecular formula is C34H74N8O12Si4. The fraction of sp³-hybridized carbons (Fsp3) is 0.882. The fourth-order valence-corrected chi connectivity index (χ4v) is 20.1. The highest BCUT2D eigenvalue weighted by Crippen LogP contribution is 2.55. The molecule has 58 heavy (non-hydrogen) atoms. The highest BCUT2D eigenvalue weighted by atomic mass is 28.5. The molecule has 0 fully saturated rings. The van der Waals surface area contributed by atoms with Crippen LogP contribution in [0.1, 0.15) is 51.9 Å². The second-order valence-electron chi connectivity index (χ2n) is 13.7. The highest BCUT2D eigenvalue weighted by Gasteiger charge is 2.75. The summed E-state index contributed by atoms with van der Waals surface area (Å²) in [6, 6.07) is 1.22. The van der Waals surface area contributed by atoms with Crippen LogP contribution in [-0.4, -0.2) is 192 Å². The molecule has 0 spiro atoms. The van der Waals surface area contributed by atoms with Gasteiger partial charge in [0.2, 0.25) is 0 Å². The molecule has 2 aromatic heterocycles. The molecule has 1 unspecified atom stereocenters. The Morgan fingerprint density at radius 2 is 0.948 bits per heavy atom. The molecule has 0 aliphatic rings. The molecule has 0 aromatic carbocycles. The summed E-state index contributed by atoms with van der Waals surface area (Å²) in [7, 11) is 6.55. The van der Waals surface area contributed by atoms with Gasteiger partial charge in [-0.3, -0.25) is 19.2 Å². The monoisotopic (exact) mass is 898 g/mol. The highest BCUT2D eigenvalue weighted by molar-refractivity contribution is 6.85. The van der Waals surface area contributed by atoms with E-state index in [4.69, 9.17) is 53.1 Å². The topological polar surface area (TPSA) is 179 Å². The Labute approximate surface area is 351 Å². The predicted octanol–water partition coefficient (Wildman–Crippen LogP) is 3.04. The van der Waals surface area contributed by atoms with Crippen molar-refractivity contribution in [2.45, 2.75) is 87.9 Å². The molecule has 0 saturated carbocycles. The van der Waals surface area contributed by atoms with Crippen molar-refractivity contribution in [1.29, 1.82) is 0 Å². The zero-order chi connectivity index (χ0) is 43.1. The molecule has 0 bridgehead atoms. The molecule has 338 valence electrons. The molecule has 0 aliphatic heterocycles. The number of aryl methyl sites for hydroxylation is 2. The number of nitrogens with zero attached hydrogens (tertiary/aromatic N) is 8. The molecule has 0 radical (unpaired) electrons. The van der Waals surface area contributed by atoms with Gasteiger partial charge in [-0.1, -0.05) is 6.92 Å². The summed E-state index contributed by atoms with van der Waals surface area (Å²) in [4.78, 5) is 13.4. The van der Waals surface area contributed by atoms with Gasteiger partial charge >= 0.3 is 35.2 Å². The Bertz CT molecular complexity index is 1260. The van der Waals surface area contributed by atoms with E-state index in [2.05, 4.69) is 36.9 Å². The van der Waals surface area contributed by atoms with E-state index in [1.165, 1.54) is 6.33 Å². The smallest absolute Gasteiger partial charge is 0.377 e. The van der Waals surface area contributed by atoms with Gasteiger partial charge in [0.25, 0.3) is 0 Å². The van der Waals surface area contributed by atoms with E-state index in [9.17, 15) is 0 Å². The largest absolute Gasteiger partial charge is 0.511 e. The van der Waals surface area contributed by atoms with Crippen molar-refractivity contribution in [2.75, 3.05) is 111 Å². The van der Waals surface area contributed by atoms with Crippen LogP contribution < -0.4 is 0 Å². The molecule has 1 atom stereocenters. The van der Waals surface area contributed by atoms with E-state index < -0.39 is 39.9 Å². The normalized spacial score (nSPS) is 14.0. The fourth-order valence-electron chi connectivity index (χ4n) is 8.23. The van der Waals surface area contributed by atoms with Crippen LogP contribution >= 0.6 is 0 Å². The van der Waals surface area contributed by atoms with Gasteiger partial charge in [0, 0.05) is 124 Å². The molecular weight excluding hydrogens is 825 g/mol. The van der Waals surface area contributed by atoms with E-state index in [1.807, 2.05) is 4.68 Å². The first-order chi connectivity index (χ1) is 28.0. The van der Waals surface area contributed by atoms with E-state index in [1.54, 1.807) is 109 Å². The second kappa shape index (κ2) is 26.8. The average molecular weight is 899 g/mol. The molecule has 2 rings (SSSR count). The van der Waals surface area contributed by atoms with Crippen molar-refractivity contribution in [1.82, 2.24) is 39.3 Å². The summed E-state index contributed by atoms with van der Waals surface area (Å²) < 4.78 is 76.3. The van der Waals surface area contributed by atoms with Crippen molar-refractivity contribution in [3.05, 3.63) is 25.3 Å². The van der Waals surface area contributed by atoms with Gasteiger partial charge in [0.1, 0.15) is 30.0 Å². The number of hydrogen-bond acceptors (Lipinski definition) is 18. The van der Waals surface area contributed by atoms with Crippen molar-refractivity contribution in [3.8, 4) is 0 Å². The van der Waals surface area contributed by atoms with Gasteiger partial charge in [-0.25, -0.2) is 9.97 Å². The molecule has 2 aromatic rings. The zero-order valence-corrected chi connectivity index (χ0v) is 41.5. The number of hydrogen-bond donors (Lipinski definition) is 0. The van der Waals surface area contributed by atoms with Gasteiger partial charge in [0.05, 0.1) is 6.17 Å². The van der Waals surface area contributed by atoms with E-state index in [0.717, 1.165) is 38.9 Å². The summed E-state index contributed by atoms with van der Waals surface area (Å²) in [5, 5.41) is 8.71. The summed E-state index contributed by atoms with van der Waals surface area (Å²) in [5.74, 6) is 0. The van der Waals surface area contributed by atoms with Crippen molar-refractivity contribution in [2.24, 2.45) is 0 Å². The summed E-state index contributed by atoms with van der Waals surface area (Å²) in [6.45, 7) is 6.35. The number of rotatable bonds is 36. The van der Waals surface area contributed by atoms with Crippen LogP contribution in [0.15, 0.2) is 25.3 Å². The van der Waals surface area contributed by atoms with Crippen LogP contribution in [-0.2, 0) is 66.2 Å². The average Bonchev–Trinajstić information content (AvgIpc) is 4.00. The maximum absolute atomic E-state index is 6.38. The van der Waals surface area contributed by atoms with Crippen LogP contribution in [0.4, 0.5) is 0 Å². The minimum Gasteiger partial charge on any atom is -0.377 e. The molecule has 0 N–H and O–H groups in total. The third-order valence-corrected chi connectivity index (χ3v) is 25.2. The summed E-state index contributed by atoms with van der Waals surface area (Å²) >= 11 is 0. The van der Waals surface area contributed by atoms with Crippen molar-refractivity contribution in [3.63, 3.8) is 0 Å². The summed E-state index contributed by atoms with van der Waals surface area (Å²) in [6.07, 6.45) is 11.3. The lowest BCUT2D eigenvalue weighted by molar-refractivity contribution is 0.0145. The molecule has 0 saturated heterocycles. The molecule has 2 heterocycles. The third-order valence-electron chi connectivity index (χ3n) is 11.2. The van der Waals surface area contributed by atoms with Crippen molar-refractivity contribution < 1.29 is 53.1 Å². The Morgan fingerprint density at radius 1 is 0.517 bits per heavy atom. The van der Waals surface area contributed by atoms with E-state index >= 15 is 0 Å². The minimum atomic E-state index is -3.65. The maximum atomic E-state index is 6.38. The first kappa shape index (κ1) is 52.7. The van der Waals surface area contributed by atoms with Crippen LogP contribution in [0.25, 0.3) is 0 Å². The quantitative estimate of drug-likeness (QED) is 0.0719. The molecule has 20 nitrogen and oxygen atoms in total. The Hall–Kier alpha value is -1.41. The standard InChI is InChI=1S/C34H74N8O12Si4/c1-14-21-39(26-20-34(57(49-8,50-9)51-10,58(52-11,53-12)54-13)19-15-24-41-31-35-29-37-41)33(18-28-56(46-5,47-6)48-7)40(22-16-25-42-32-36-30-38-42)23-17-27-55(43-2,44-3)45-4/h29-33H,14-28H2,1-13H3. The van der Waals surface area contributed by atoms with Gasteiger partial charge in [0.15, 0.2) is 0 Å². The molecule has 24 heteroatoms. The first-order valence-corrected chi connectivity index (χ1v) is 27.1. The first-order valence-electron chi connectivity index (χ1n) is 19.8. The maximum Gasteiger partial charge on any atom is 0.511 e. The summed E-state index contributed by atoms with van der Waals surface area (Å²) in [5.41, 5.74) is 0. The second-order valence-corrected chi connectivity index (χ2v) is 27.0. The lowest BCUT2D eigenvalue weighted by Gasteiger charge is -2.51. The third kappa shape index (κ3) is 13.1. The van der Waals surface area contributed by atoms with Crippen LogP contribution in [0.5, 0.6) is 0 Å². The zero-order valence-electron chi connectivity index (χ0n) is 37.5. The minimum absolute atomic E-state index is 0.0908. The van der Waals surface area contributed by atoms with Crippen LogP contribution in [0, 0.1) is 0 Å². The van der Waals surface area contributed by atoms with Gasteiger partial charge in [-0.15, -0.1) is 0 Å². The van der Waals surface area contributed by atoms with Crippen LogP contribution in [0.3, 0.4) is 0 Å². The van der Waals surface area contributed by atoms with Gasteiger partial charge in [-0.2, -0.15) is 10.2 Å². The van der Waals surface area contributed by atoms with Crippen molar-refractivity contribution >= 4 is 35.2 Å². The Kier molecular flexibility index (Phi) is 24.4. The Morgan fingerprint density at radius 3 is 1.36 bits per heavy atom. The van der Waals surface area contributed by atoms with Gasteiger partial charge in [-0.05, 0) is 58.0 Å². The lowest BCUT2D eigenvalue weighted by atomic mass is 10.1. The number of aromatic nitrogens is 6. The lowest BCUT2D eigenvalue weighted by Crippen LogP contribution is -2.70. The van der Waals surface area contributed by atoms with E-state index in [0.29, 0.717) is 57.4 Å². The Balaban J connectivity index is 2.76. The predicted molar refractivity (Wildman–Crippen MR) is 224 cm³/mol. The molecule has 0 aliphatic carbocycles. The molecule has 0 amide bonds.